The first-order valence-electron chi connectivity index (χ1n) is 8.01. The number of nitrogens with zero attached hydrogens (tertiary/aromatic N) is 2. The third kappa shape index (κ3) is 9.28. The Kier molecular flexibility index (Phi) is 11.6. The van der Waals surface area contributed by atoms with Crippen LogP contribution in [0.2, 0.25) is 0 Å². The van der Waals surface area contributed by atoms with Crippen molar-refractivity contribution in [2.75, 3.05) is 33.7 Å². The molecule has 1 aromatic carbocycles. The standard InChI is InChI=1S/C17H27N5O2.HI/c1-5-18-17(20-11-10-19-13(2)23)21-12-14-6-8-15(9-7-14)16(24)22(3)4;/h6-9H,5,10-12H2,1-4H3,(H,19,23)(H2,18,20,21);1H. The van der Waals surface area contributed by atoms with Gasteiger partial charge < -0.3 is 20.9 Å². The van der Waals surface area contributed by atoms with Gasteiger partial charge >= 0.3 is 0 Å². The molecule has 0 aromatic heterocycles. The summed E-state index contributed by atoms with van der Waals surface area (Å²) in [5.74, 6) is 0.625. The number of hydrogen-bond acceptors (Lipinski definition) is 3. The average molecular weight is 461 g/mol. The summed E-state index contributed by atoms with van der Waals surface area (Å²) in [5, 5.41) is 9.03. The summed E-state index contributed by atoms with van der Waals surface area (Å²) in [6, 6.07) is 7.43. The quantitative estimate of drug-likeness (QED) is 0.247. The van der Waals surface area contributed by atoms with Gasteiger partial charge in [-0.15, -0.1) is 24.0 Å². The van der Waals surface area contributed by atoms with Crippen molar-refractivity contribution in [1.29, 1.82) is 0 Å². The van der Waals surface area contributed by atoms with Crippen molar-refractivity contribution in [2.24, 2.45) is 4.99 Å². The maximum atomic E-state index is 11.9. The molecule has 0 saturated heterocycles. The van der Waals surface area contributed by atoms with Crippen molar-refractivity contribution in [1.82, 2.24) is 20.9 Å². The van der Waals surface area contributed by atoms with E-state index in [0.717, 1.165) is 12.1 Å². The highest BCUT2D eigenvalue weighted by Gasteiger charge is 2.07. The van der Waals surface area contributed by atoms with Crippen LogP contribution in [0.15, 0.2) is 29.3 Å². The van der Waals surface area contributed by atoms with E-state index in [-0.39, 0.29) is 35.8 Å². The normalized spacial score (nSPS) is 10.5. The Morgan fingerprint density at radius 2 is 1.64 bits per heavy atom. The summed E-state index contributed by atoms with van der Waals surface area (Å²) in [4.78, 5) is 28.7. The molecule has 140 valence electrons. The Bertz CT molecular complexity index is 573. The minimum Gasteiger partial charge on any atom is -0.357 e. The Morgan fingerprint density at radius 1 is 1.04 bits per heavy atom. The second-order valence-electron chi connectivity index (χ2n) is 5.50. The van der Waals surface area contributed by atoms with Gasteiger partial charge in [0.05, 0.1) is 6.54 Å². The molecule has 7 nitrogen and oxygen atoms in total. The van der Waals surface area contributed by atoms with Gasteiger partial charge in [0, 0.05) is 46.2 Å². The van der Waals surface area contributed by atoms with Crippen LogP contribution in [-0.4, -0.2) is 56.4 Å². The van der Waals surface area contributed by atoms with Crippen molar-refractivity contribution in [3.8, 4) is 0 Å². The fourth-order valence-electron chi connectivity index (χ4n) is 1.94. The number of benzene rings is 1. The summed E-state index contributed by atoms with van der Waals surface area (Å²) in [5.41, 5.74) is 1.68. The molecule has 0 radical (unpaired) electrons. The van der Waals surface area contributed by atoms with Crippen molar-refractivity contribution in [2.45, 2.75) is 20.4 Å². The van der Waals surface area contributed by atoms with Crippen LogP contribution in [0.25, 0.3) is 0 Å². The second kappa shape index (κ2) is 12.5. The molecule has 0 unspecified atom stereocenters. The van der Waals surface area contributed by atoms with Gasteiger partial charge in [-0.1, -0.05) is 12.1 Å². The summed E-state index contributed by atoms with van der Waals surface area (Å²) in [6.07, 6.45) is 0. The van der Waals surface area contributed by atoms with Crippen LogP contribution in [-0.2, 0) is 11.3 Å². The predicted molar refractivity (Wildman–Crippen MR) is 111 cm³/mol. The number of aliphatic imine (C=N–C) groups is 1. The maximum Gasteiger partial charge on any atom is 0.253 e. The van der Waals surface area contributed by atoms with Crippen LogP contribution >= 0.6 is 24.0 Å². The number of amides is 2. The SMILES string of the molecule is CCNC(=NCc1ccc(C(=O)N(C)C)cc1)NCCNC(C)=O.I. The number of rotatable bonds is 7. The van der Waals surface area contributed by atoms with Gasteiger partial charge in [-0.05, 0) is 24.6 Å². The van der Waals surface area contributed by atoms with Gasteiger partial charge in [-0.25, -0.2) is 4.99 Å². The smallest absolute Gasteiger partial charge is 0.253 e. The van der Waals surface area contributed by atoms with Crippen LogP contribution in [0.3, 0.4) is 0 Å². The first-order chi connectivity index (χ1) is 11.4. The summed E-state index contributed by atoms with van der Waals surface area (Å²) in [7, 11) is 3.46. The zero-order valence-corrected chi connectivity index (χ0v) is 17.6. The lowest BCUT2D eigenvalue weighted by molar-refractivity contribution is -0.118. The molecule has 0 aliphatic heterocycles. The highest BCUT2D eigenvalue weighted by atomic mass is 127. The number of hydrogen-bond donors (Lipinski definition) is 3. The molecule has 0 aliphatic carbocycles. The van der Waals surface area contributed by atoms with Crippen molar-refractivity contribution < 1.29 is 9.59 Å². The molecule has 3 N–H and O–H groups in total. The lowest BCUT2D eigenvalue weighted by atomic mass is 10.1. The molecule has 0 bridgehead atoms. The van der Waals surface area contributed by atoms with Crippen molar-refractivity contribution in [3.63, 3.8) is 0 Å². The van der Waals surface area contributed by atoms with Gasteiger partial charge in [0.15, 0.2) is 5.96 Å². The average Bonchev–Trinajstić information content (AvgIpc) is 2.56. The number of nitrogens with one attached hydrogen (secondary N) is 3. The zero-order valence-electron chi connectivity index (χ0n) is 15.3. The molecule has 0 aliphatic rings. The number of carbonyl (C=O) groups is 2. The molecule has 1 aromatic rings. The van der Waals surface area contributed by atoms with E-state index in [1.807, 2.05) is 31.2 Å². The maximum absolute atomic E-state index is 11.9. The topological polar surface area (TPSA) is 85.8 Å². The largest absolute Gasteiger partial charge is 0.357 e. The summed E-state index contributed by atoms with van der Waals surface area (Å²) in [6.45, 7) is 5.88. The fourth-order valence-corrected chi connectivity index (χ4v) is 1.94. The third-order valence-electron chi connectivity index (χ3n) is 3.16. The molecule has 25 heavy (non-hydrogen) atoms. The second-order valence-corrected chi connectivity index (χ2v) is 5.50. The van der Waals surface area contributed by atoms with Gasteiger partial charge in [0.2, 0.25) is 5.91 Å². The van der Waals surface area contributed by atoms with Gasteiger partial charge in [-0.3, -0.25) is 9.59 Å². The van der Waals surface area contributed by atoms with E-state index in [1.165, 1.54) is 6.92 Å². The van der Waals surface area contributed by atoms with Crippen LogP contribution < -0.4 is 16.0 Å². The molecule has 0 spiro atoms. The molecule has 0 atom stereocenters. The fraction of sp³-hybridized carbons (Fsp3) is 0.471. The third-order valence-corrected chi connectivity index (χ3v) is 3.16. The van der Waals surface area contributed by atoms with Crippen LogP contribution in [0.1, 0.15) is 29.8 Å². The van der Waals surface area contributed by atoms with Gasteiger partial charge in [0.1, 0.15) is 0 Å². The van der Waals surface area contributed by atoms with Gasteiger partial charge in [0.25, 0.3) is 5.91 Å². The van der Waals surface area contributed by atoms with Crippen LogP contribution in [0.5, 0.6) is 0 Å². The molecule has 0 saturated carbocycles. The number of halogens is 1. The molecular formula is C17H28IN5O2. The highest BCUT2D eigenvalue weighted by molar-refractivity contribution is 14.0. The van der Waals surface area contributed by atoms with E-state index in [0.29, 0.717) is 31.2 Å². The predicted octanol–water partition coefficient (Wildman–Crippen LogP) is 1.20. The van der Waals surface area contributed by atoms with E-state index in [4.69, 9.17) is 0 Å². The molecule has 2 amide bonds. The van der Waals surface area contributed by atoms with Crippen molar-refractivity contribution >= 4 is 41.8 Å². The highest BCUT2D eigenvalue weighted by Crippen LogP contribution is 2.07. The van der Waals surface area contributed by atoms with E-state index in [1.54, 1.807) is 19.0 Å². The number of carbonyl (C=O) groups excluding carboxylic acids is 2. The molecule has 1 rings (SSSR count). The monoisotopic (exact) mass is 461 g/mol. The van der Waals surface area contributed by atoms with Crippen LogP contribution in [0, 0.1) is 0 Å². The lowest BCUT2D eigenvalue weighted by Crippen LogP contribution is -2.41. The van der Waals surface area contributed by atoms with E-state index >= 15 is 0 Å². The van der Waals surface area contributed by atoms with Gasteiger partial charge in [-0.2, -0.15) is 0 Å². The summed E-state index contributed by atoms with van der Waals surface area (Å²) >= 11 is 0. The Morgan fingerprint density at radius 3 is 2.16 bits per heavy atom. The zero-order chi connectivity index (χ0) is 17.9. The van der Waals surface area contributed by atoms with Crippen molar-refractivity contribution in [3.05, 3.63) is 35.4 Å². The van der Waals surface area contributed by atoms with Crippen LogP contribution in [0.4, 0.5) is 0 Å². The number of guanidine groups is 1. The Balaban J connectivity index is 0.00000576. The minimum absolute atomic E-state index is 0. The van der Waals surface area contributed by atoms with E-state index < -0.39 is 0 Å². The first-order valence-corrected chi connectivity index (χ1v) is 8.01. The van der Waals surface area contributed by atoms with E-state index in [9.17, 15) is 9.59 Å². The minimum atomic E-state index is -0.0499. The Labute approximate surface area is 166 Å². The van der Waals surface area contributed by atoms with E-state index in [2.05, 4.69) is 20.9 Å². The first kappa shape index (κ1) is 23.2. The summed E-state index contributed by atoms with van der Waals surface area (Å²) < 4.78 is 0. The lowest BCUT2D eigenvalue weighted by Gasteiger charge is -2.12. The molecule has 0 heterocycles. The molecule has 8 heteroatoms. The Hall–Kier alpha value is -1.84. The molecular weight excluding hydrogens is 433 g/mol. The molecule has 0 fully saturated rings.